The van der Waals surface area contributed by atoms with Gasteiger partial charge in [-0.2, -0.15) is 0 Å². The standard InChI is InChI=1S/C19H16N2O5S/c1-2-26-19(23)17-10-8-15(12-20-17)18(22)21-27(24,25)16-9-7-13-5-3-4-6-14(13)11-16/h3-12H,2H2,1H3,(H,21,22). The number of esters is 1. The quantitative estimate of drug-likeness (QED) is 0.678. The van der Waals surface area contributed by atoms with Crippen molar-refractivity contribution in [3.63, 3.8) is 0 Å². The van der Waals surface area contributed by atoms with Gasteiger partial charge in [0.15, 0.2) is 0 Å². The van der Waals surface area contributed by atoms with E-state index in [0.29, 0.717) is 0 Å². The Morgan fingerprint density at radius 1 is 1.04 bits per heavy atom. The number of amides is 1. The zero-order valence-corrected chi connectivity index (χ0v) is 15.2. The summed E-state index contributed by atoms with van der Waals surface area (Å²) in [6, 6.07) is 14.5. The average molecular weight is 384 g/mol. The van der Waals surface area contributed by atoms with E-state index in [-0.39, 0.29) is 22.8 Å². The summed E-state index contributed by atoms with van der Waals surface area (Å²) in [5.41, 5.74) is 0.0400. The van der Waals surface area contributed by atoms with Crippen molar-refractivity contribution in [1.29, 1.82) is 0 Å². The molecule has 7 nitrogen and oxygen atoms in total. The fraction of sp³-hybridized carbons (Fsp3) is 0.105. The van der Waals surface area contributed by atoms with Crippen LogP contribution in [-0.2, 0) is 14.8 Å². The highest BCUT2D eigenvalue weighted by atomic mass is 32.2. The Bertz CT molecular complexity index is 1110. The number of pyridine rings is 1. The summed E-state index contributed by atoms with van der Waals surface area (Å²) in [5.74, 6) is -1.46. The molecule has 0 radical (unpaired) electrons. The second-order valence-electron chi connectivity index (χ2n) is 5.60. The largest absolute Gasteiger partial charge is 0.461 e. The number of aromatic nitrogens is 1. The number of ether oxygens (including phenoxy) is 1. The zero-order chi connectivity index (χ0) is 19.4. The molecule has 0 saturated carbocycles. The highest BCUT2D eigenvalue weighted by Crippen LogP contribution is 2.19. The summed E-state index contributed by atoms with van der Waals surface area (Å²) in [7, 11) is -4.05. The Labute approximate surface area is 156 Å². The van der Waals surface area contributed by atoms with Gasteiger partial charge in [-0.05, 0) is 42.0 Å². The third kappa shape index (κ3) is 4.12. The Kier molecular flexibility index (Phi) is 5.18. The summed E-state index contributed by atoms with van der Waals surface area (Å²) in [5, 5.41) is 1.63. The molecule has 0 saturated heterocycles. The van der Waals surface area contributed by atoms with Crippen molar-refractivity contribution in [1.82, 2.24) is 9.71 Å². The number of rotatable bonds is 5. The molecule has 1 heterocycles. The van der Waals surface area contributed by atoms with Crippen LogP contribution in [0.25, 0.3) is 10.8 Å². The van der Waals surface area contributed by atoms with E-state index >= 15 is 0 Å². The molecule has 0 aliphatic heterocycles. The number of benzene rings is 2. The van der Waals surface area contributed by atoms with Crippen molar-refractivity contribution in [2.24, 2.45) is 0 Å². The molecule has 0 atom stereocenters. The minimum Gasteiger partial charge on any atom is -0.461 e. The molecular formula is C19H16N2O5S. The van der Waals surface area contributed by atoms with Gasteiger partial charge in [0.25, 0.3) is 15.9 Å². The Morgan fingerprint density at radius 2 is 1.78 bits per heavy atom. The van der Waals surface area contributed by atoms with Gasteiger partial charge in [-0.25, -0.2) is 22.9 Å². The van der Waals surface area contributed by atoms with Crippen LogP contribution in [0.15, 0.2) is 65.7 Å². The number of nitrogens with zero attached hydrogens (tertiary/aromatic N) is 1. The van der Waals surface area contributed by atoms with Gasteiger partial charge in [-0.15, -0.1) is 0 Å². The summed E-state index contributed by atoms with van der Waals surface area (Å²) >= 11 is 0. The summed E-state index contributed by atoms with van der Waals surface area (Å²) in [4.78, 5) is 27.6. The fourth-order valence-electron chi connectivity index (χ4n) is 2.43. The second kappa shape index (κ2) is 7.55. The van der Waals surface area contributed by atoms with Crippen molar-refractivity contribution in [3.8, 4) is 0 Å². The van der Waals surface area contributed by atoms with Crippen LogP contribution in [-0.4, -0.2) is 31.9 Å². The lowest BCUT2D eigenvalue weighted by atomic mass is 10.1. The van der Waals surface area contributed by atoms with Crippen LogP contribution in [0.2, 0.25) is 0 Å². The number of nitrogens with one attached hydrogen (secondary N) is 1. The second-order valence-corrected chi connectivity index (χ2v) is 7.28. The van der Waals surface area contributed by atoms with E-state index in [1.807, 2.05) is 16.9 Å². The highest BCUT2D eigenvalue weighted by molar-refractivity contribution is 7.90. The Hall–Kier alpha value is -3.26. The summed E-state index contributed by atoms with van der Waals surface area (Å²) < 4.78 is 31.8. The molecule has 3 rings (SSSR count). The normalized spacial score (nSPS) is 11.1. The van der Waals surface area contributed by atoms with E-state index in [1.54, 1.807) is 25.1 Å². The van der Waals surface area contributed by atoms with Crippen LogP contribution in [0.3, 0.4) is 0 Å². The lowest BCUT2D eigenvalue weighted by Crippen LogP contribution is -2.30. The molecule has 0 aliphatic rings. The maximum atomic E-state index is 12.5. The number of hydrogen-bond donors (Lipinski definition) is 1. The lowest BCUT2D eigenvalue weighted by Gasteiger charge is -2.08. The van der Waals surface area contributed by atoms with Crippen molar-refractivity contribution in [2.75, 3.05) is 6.61 Å². The lowest BCUT2D eigenvalue weighted by molar-refractivity contribution is 0.0519. The summed E-state index contributed by atoms with van der Waals surface area (Å²) in [6.07, 6.45) is 1.12. The first-order chi connectivity index (χ1) is 12.9. The minimum atomic E-state index is -4.05. The number of fused-ring (bicyclic) bond motifs is 1. The van der Waals surface area contributed by atoms with Gasteiger partial charge in [-0.3, -0.25) is 4.79 Å². The molecule has 0 fully saturated rings. The van der Waals surface area contributed by atoms with Crippen LogP contribution >= 0.6 is 0 Å². The van der Waals surface area contributed by atoms with Gasteiger partial charge in [0.05, 0.1) is 17.1 Å². The SMILES string of the molecule is CCOC(=O)c1ccc(C(=O)NS(=O)(=O)c2ccc3ccccc3c2)cn1. The highest BCUT2D eigenvalue weighted by Gasteiger charge is 2.20. The number of hydrogen-bond acceptors (Lipinski definition) is 6. The maximum Gasteiger partial charge on any atom is 0.356 e. The van der Waals surface area contributed by atoms with Gasteiger partial charge >= 0.3 is 5.97 Å². The third-order valence-electron chi connectivity index (χ3n) is 3.77. The molecule has 0 spiro atoms. The van der Waals surface area contributed by atoms with Crippen LogP contribution < -0.4 is 4.72 Å². The van der Waals surface area contributed by atoms with Crippen molar-refractivity contribution in [3.05, 3.63) is 72.1 Å². The molecule has 3 aromatic rings. The molecule has 138 valence electrons. The summed E-state index contributed by atoms with van der Waals surface area (Å²) in [6.45, 7) is 1.87. The van der Waals surface area contributed by atoms with Crippen molar-refractivity contribution < 1.29 is 22.7 Å². The van der Waals surface area contributed by atoms with Crippen LogP contribution in [0.4, 0.5) is 0 Å². The maximum absolute atomic E-state index is 12.5. The van der Waals surface area contributed by atoms with Gasteiger partial charge in [0, 0.05) is 6.20 Å². The smallest absolute Gasteiger partial charge is 0.356 e. The number of sulfonamides is 1. The Morgan fingerprint density at radius 3 is 2.44 bits per heavy atom. The fourth-order valence-corrected chi connectivity index (χ4v) is 3.44. The molecule has 0 bridgehead atoms. The molecule has 27 heavy (non-hydrogen) atoms. The van der Waals surface area contributed by atoms with Gasteiger partial charge in [0.2, 0.25) is 0 Å². The minimum absolute atomic E-state index is 0.00686. The first-order valence-corrected chi connectivity index (χ1v) is 9.58. The molecule has 8 heteroatoms. The molecule has 0 aliphatic carbocycles. The van der Waals surface area contributed by atoms with E-state index < -0.39 is 21.9 Å². The van der Waals surface area contributed by atoms with E-state index in [2.05, 4.69) is 4.98 Å². The molecule has 0 unspecified atom stereocenters. The van der Waals surface area contributed by atoms with E-state index in [0.717, 1.165) is 17.0 Å². The third-order valence-corrected chi connectivity index (χ3v) is 5.10. The predicted octanol–water partition coefficient (Wildman–Crippen LogP) is 2.53. The number of carbonyl (C=O) groups is 2. The van der Waals surface area contributed by atoms with Crippen molar-refractivity contribution >= 4 is 32.7 Å². The van der Waals surface area contributed by atoms with Gasteiger partial charge in [-0.1, -0.05) is 30.3 Å². The van der Waals surface area contributed by atoms with Gasteiger partial charge in [0.1, 0.15) is 5.69 Å². The Balaban J connectivity index is 1.80. The topological polar surface area (TPSA) is 102 Å². The van der Waals surface area contributed by atoms with E-state index in [9.17, 15) is 18.0 Å². The van der Waals surface area contributed by atoms with Crippen LogP contribution in [0, 0.1) is 0 Å². The number of carbonyl (C=O) groups excluding carboxylic acids is 2. The van der Waals surface area contributed by atoms with Crippen LogP contribution in [0.5, 0.6) is 0 Å². The molecular weight excluding hydrogens is 368 g/mol. The molecule has 1 amide bonds. The average Bonchev–Trinajstić information content (AvgIpc) is 2.67. The molecule has 2 aromatic carbocycles. The first kappa shape index (κ1) is 18.5. The zero-order valence-electron chi connectivity index (χ0n) is 14.4. The molecule has 1 aromatic heterocycles. The first-order valence-electron chi connectivity index (χ1n) is 8.10. The molecule has 1 N–H and O–H groups in total. The van der Waals surface area contributed by atoms with Gasteiger partial charge < -0.3 is 4.74 Å². The monoisotopic (exact) mass is 384 g/mol. The van der Waals surface area contributed by atoms with Crippen LogP contribution in [0.1, 0.15) is 27.8 Å². The van der Waals surface area contributed by atoms with E-state index in [4.69, 9.17) is 4.74 Å². The van der Waals surface area contributed by atoms with Crippen molar-refractivity contribution in [2.45, 2.75) is 11.8 Å². The predicted molar refractivity (Wildman–Crippen MR) is 98.8 cm³/mol. The van der Waals surface area contributed by atoms with E-state index in [1.165, 1.54) is 24.3 Å².